The fraction of sp³-hybridized carbons (Fsp3) is 0.536. The van der Waals surface area contributed by atoms with E-state index in [1.807, 2.05) is 26.0 Å². The summed E-state index contributed by atoms with van der Waals surface area (Å²) < 4.78 is 49.0. The van der Waals surface area contributed by atoms with Gasteiger partial charge in [0.15, 0.2) is 0 Å². The number of piperazine rings is 1. The zero-order valence-corrected chi connectivity index (χ0v) is 22.1. The molecule has 1 saturated heterocycles. The number of furan rings is 1. The van der Waals surface area contributed by atoms with Crippen molar-refractivity contribution >= 4 is 33.5 Å². The number of hydrogen-bond donors (Lipinski definition) is 3. The first kappa shape index (κ1) is 26.8. The molecule has 0 spiro atoms. The highest BCUT2D eigenvalue weighted by Crippen LogP contribution is 2.38. The van der Waals surface area contributed by atoms with Crippen molar-refractivity contribution in [3.8, 4) is 0 Å². The van der Waals surface area contributed by atoms with Crippen LogP contribution in [0.15, 0.2) is 40.8 Å². The molecule has 5 rings (SSSR count). The van der Waals surface area contributed by atoms with Crippen LogP contribution in [0.5, 0.6) is 0 Å². The molecule has 2 aromatic carbocycles. The Kier molecular flexibility index (Phi) is 7.08. The number of alkyl halides is 3. The highest BCUT2D eigenvalue weighted by molar-refractivity contribution is 6.06. The number of nitrogens with two attached hydrogens (primary N) is 1. The van der Waals surface area contributed by atoms with Crippen LogP contribution in [0, 0.1) is 5.92 Å². The molecule has 0 radical (unpaired) electrons. The summed E-state index contributed by atoms with van der Waals surface area (Å²) in [5, 5.41) is 6.94. The van der Waals surface area contributed by atoms with Crippen LogP contribution in [0.25, 0.3) is 21.9 Å². The van der Waals surface area contributed by atoms with Gasteiger partial charge in [0.05, 0.1) is 11.7 Å². The number of halogens is 3. The van der Waals surface area contributed by atoms with E-state index >= 15 is 0 Å². The zero-order valence-electron chi connectivity index (χ0n) is 22.1. The van der Waals surface area contributed by atoms with Crippen molar-refractivity contribution in [3.63, 3.8) is 0 Å². The van der Waals surface area contributed by atoms with E-state index in [-0.39, 0.29) is 17.9 Å². The Morgan fingerprint density at radius 1 is 1.05 bits per heavy atom. The number of fused-ring (bicyclic) bond motifs is 3. The second kappa shape index (κ2) is 10.1. The van der Waals surface area contributed by atoms with Crippen molar-refractivity contribution in [2.75, 3.05) is 38.1 Å². The molecule has 2 heterocycles. The van der Waals surface area contributed by atoms with Gasteiger partial charge in [-0.15, -0.1) is 0 Å². The lowest BCUT2D eigenvalue weighted by Crippen LogP contribution is -2.54. The van der Waals surface area contributed by atoms with Crippen LogP contribution in [0.4, 0.5) is 18.9 Å². The Morgan fingerprint density at radius 2 is 1.76 bits per heavy atom. The number of hydrogen-bond acceptors (Lipinski definition) is 6. The molecule has 1 aromatic heterocycles. The molecular formula is C28H36F3N5O2. The normalized spacial score (nSPS) is 19.7. The van der Waals surface area contributed by atoms with Crippen LogP contribution in [0.3, 0.4) is 0 Å². The van der Waals surface area contributed by atoms with Gasteiger partial charge in [-0.05, 0) is 62.1 Å². The average molecular weight is 532 g/mol. The highest BCUT2D eigenvalue weighted by atomic mass is 19.4. The SMILES string of the molecule is CC(C)C[C@H](N[C@@H](c1ccc2c(c1)oc1ccc(N3CCN(C)CC3)cc12)C(F)(F)F)C(=O)NC1(N)CC1. The molecule has 7 nitrogen and oxygen atoms in total. The van der Waals surface area contributed by atoms with Gasteiger partial charge in [0.2, 0.25) is 5.91 Å². The van der Waals surface area contributed by atoms with Crippen LogP contribution in [0.2, 0.25) is 0 Å². The third-order valence-electron chi connectivity index (χ3n) is 7.56. The topological polar surface area (TPSA) is 86.8 Å². The number of likely N-dealkylation sites (N-methyl/N-ethyl adjacent to an activating group) is 1. The highest BCUT2D eigenvalue weighted by Gasteiger charge is 2.45. The number of rotatable bonds is 8. The monoisotopic (exact) mass is 531 g/mol. The van der Waals surface area contributed by atoms with Crippen molar-refractivity contribution in [1.29, 1.82) is 0 Å². The number of nitrogens with zero attached hydrogens (tertiary/aromatic N) is 2. The van der Waals surface area contributed by atoms with E-state index in [0.29, 0.717) is 24.0 Å². The molecule has 1 saturated carbocycles. The van der Waals surface area contributed by atoms with E-state index in [9.17, 15) is 18.0 Å². The molecule has 1 aliphatic carbocycles. The Bertz CT molecular complexity index is 1310. The predicted octanol–water partition coefficient (Wildman–Crippen LogP) is 4.51. The fourth-order valence-corrected chi connectivity index (χ4v) is 5.12. The first-order chi connectivity index (χ1) is 17.9. The molecule has 2 aliphatic rings. The van der Waals surface area contributed by atoms with Crippen molar-refractivity contribution in [1.82, 2.24) is 15.5 Å². The van der Waals surface area contributed by atoms with E-state index in [1.165, 1.54) is 12.1 Å². The lowest BCUT2D eigenvalue weighted by atomic mass is 9.98. The third-order valence-corrected chi connectivity index (χ3v) is 7.56. The Labute approximate surface area is 220 Å². The van der Waals surface area contributed by atoms with Gasteiger partial charge in [-0.2, -0.15) is 13.2 Å². The molecular weight excluding hydrogens is 495 g/mol. The molecule has 1 aliphatic heterocycles. The Morgan fingerprint density at radius 3 is 2.39 bits per heavy atom. The molecule has 10 heteroatoms. The maximum Gasteiger partial charge on any atom is 0.407 e. The van der Waals surface area contributed by atoms with E-state index < -0.39 is 29.8 Å². The zero-order chi connectivity index (χ0) is 27.2. The molecule has 2 atom stereocenters. The standard InChI is InChI=1S/C28H36F3N5O2/c1-17(2)14-22(26(37)34-27(32)8-9-27)33-25(28(29,30)31)18-4-6-20-21-16-19(36-12-10-35(3)11-13-36)5-7-23(21)38-24(20)15-18/h4-7,15-17,22,25,33H,8-14,32H2,1-3H3,(H,34,37)/t22-,25-/m0/s1. The second-order valence-corrected chi connectivity index (χ2v) is 11.3. The molecule has 1 amide bonds. The summed E-state index contributed by atoms with van der Waals surface area (Å²) in [6.45, 7) is 7.52. The minimum atomic E-state index is -4.62. The minimum Gasteiger partial charge on any atom is -0.456 e. The summed E-state index contributed by atoms with van der Waals surface area (Å²) in [4.78, 5) is 17.5. The van der Waals surface area contributed by atoms with Gasteiger partial charge in [-0.25, -0.2) is 0 Å². The summed E-state index contributed by atoms with van der Waals surface area (Å²) in [6, 6.07) is 7.44. The molecule has 38 heavy (non-hydrogen) atoms. The van der Waals surface area contributed by atoms with Crippen molar-refractivity contribution in [2.45, 2.75) is 57.0 Å². The molecule has 3 aromatic rings. The van der Waals surface area contributed by atoms with Crippen LogP contribution >= 0.6 is 0 Å². The lowest BCUT2D eigenvalue weighted by molar-refractivity contribution is -0.161. The molecule has 0 unspecified atom stereocenters. The maximum absolute atomic E-state index is 14.3. The fourth-order valence-electron chi connectivity index (χ4n) is 5.12. The van der Waals surface area contributed by atoms with Gasteiger partial charge >= 0.3 is 6.18 Å². The van der Waals surface area contributed by atoms with E-state index in [4.69, 9.17) is 10.2 Å². The first-order valence-electron chi connectivity index (χ1n) is 13.3. The van der Waals surface area contributed by atoms with Gasteiger partial charge in [-0.1, -0.05) is 26.0 Å². The molecule has 206 valence electrons. The van der Waals surface area contributed by atoms with Crippen LogP contribution in [0.1, 0.15) is 44.7 Å². The number of anilines is 1. The molecule has 0 bridgehead atoms. The van der Waals surface area contributed by atoms with Crippen LogP contribution in [-0.4, -0.2) is 61.9 Å². The first-order valence-corrected chi connectivity index (χ1v) is 13.3. The predicted molar refractivity (Wildman–Crippen MR) is 143 cm³/mol. The van der Waals surface area contributed by atoms with E-state index in [0.717, 1.165) is 42.6 Å². The molecule has 2 fully saturated rings. The number of benzene rings is 2. The Hall–Kier alpha value is -2.82. The molecule has 4 N–H and O–H groups in total. The smallest absolute Gasteiger partial charge is 0.407 e. The van der Waals surface area contributed by atoms with Crippen molar-refractivity contribution < 1.29 is 22.4 Å². The van der Waals surface area contributed by atoms with Gasteiger partial charge in [-0.3, -0.25) is 10.1 Å². The van der Waals surface area contributed by atoms with E-state index in [1.54, 1.807) is 6.07 Å². The largest absolute Gasteiger partial charge is 0.456 e. The number of amides is 1. The van der Waals surface area contributed by atoms with Crippen LogP contribution in [-0.2, 0) is 4.79 Å². The number of carbonyl (C=O) groups excluding carboxylic acids is 1. The van der Waals surface area contributed by atoms with Gasteiger partial charge in [0.1, 0.15) is 17.2 Å². The Balaban J connectivity index is 1.44. The van der Waals surface area contributed by atoms with Gasteiger partial charge in [0.25, 0.3) is 0 Å². The maximum atomic E-state index is 14.3. The summed E-state index contributed by atoms with van der Waals surface area (Å²) in [5.41, 5.74) is 7.28. The van der Waals surface area contributed by atoms with Crippen molar-refractivity contribution in [3.05, 3.63) is 42.0 Å². The number of nitrogens with one attached hydrogen (secondary N) is 2. The number of carbonyl (C=O) groups is 1. The van der Waals surface area contributed by atoms with Crippen molar-refractivity contribution in [2.24, 2.45) is 11.7 Å². The quantitative estimate of drug-likeness (QED) is 0.371. The average Bonchev–Trinajstić information content (AvgIpc) is 3.46. The second-order valence-electron chi connectivity index (χ2n) is 11.3. The summed E-state index contributed by atoms with van der Waals surface area (Å²) in [7, 11) is 2.10. The van der Waals surface area contributed by atoms with Crippen LogP contribution < -0.4 is 21.3 Å². The van der Waals surface area contributed by atoms with Gasteiger partial charge < -0.3 is 25.3 Å². The van der Waals surface area contributed by atoms with Gasteiger partial charge in [0, 0.05) is 42.6 Å². The third kappa shape index (κ3) is 5.77. The summed E-state index contributed by atoms with van der Waals surface area (Å²) >= 11 is 0. The summed E-state index contributed by atoms with van der Waals surface area (Å²) in [5.74, 6) is -0.499. The minimum absolute atomic E-state index is 0.00112. The lowest BCUT2D eigenvalue weighted by Gasteiger charge is -2.34. The summed E-state index contributed by atoms with van der Waals surface area (Å²) in [6.07, 6.45) is -3.13. The van der Waals surface area contributed by atoms with E-state index in [2.05, 4.69) is 33.5 Å².